The SMILES string of the molecule is CCCCCCCCc1ccc(N=C=O)cc1Cl. The summed E-state index contributed by atoms with van der Waals surface area (Å²) in [5.41, 5.74) is 1.71. The summed E-state index contributed by atoms with van der Waals surface area (Å²) in [6, 6.07) is 5.48. The van der Waals surface area contributed by atoms with E-state index in [1.165, 1.54) is 44.6 Å². The molecule has 0 amide bonds. The molecule has 0 aliphatic rings. The van der Waals surface area contributed by atoms with Crippen LogP contribution in [0.1, 0.15) is 51.0 Å². The highest BCUT2D eigenvalue weighted by molar-refractivity contribution is 6.31. The summed E-state index contributed by atoms with van der Waals surface area (Å²) in [4.78, 5) is 13.7. The number of halogens is 1. The summed E-state index contributed by atoms with van der Waals surface area (Å²) >= 11 is 6.14. The van der Waals surface area contributed by atoms with Gasteiger partial charge in [0.2, 0.25) is 6.08 Å². The zero-order valence-electron chi connectivity index (χ0n) is 10.9. The Morgan fingerprint density at radius 1 is 1.17 bits per heavy atom. The third-order valence-electron chi connectivity index (χ3n) is 3.01. The summed E-state index contributed by atoms with van der Waals surface area (Å²) in [5.74, 6) is 0. The predicted molar refractivity (Wildman–Crippen MR) is 76.3 cm³/mol. The molecule has 0 aliphatic carbocycles. The molecule has 0 saturated carbocycles. The Morgan fingerprint density at radius 2 is 1.89 bits per heavy atom. The van der Waals surface area contributed by atoms with Crippen molar-refractivity contribution in [1.29, 1.82) is 0 Å². The minimum absolute atomic E-state index is 0.571. The van der Waals surface area contributed by atoms with Crippen molar-refractivity contribution < 1.29 is 4.79 Å². The highest BCUT2D eigenvalue weighted by Crippen LogP contribution is 2.24. The molecule has 98 valence electrons. The maximum Gasteiger partial charge on any atom is 0.240 e. The van der Waals surface area contributed by atoms with Crippen LogP contribution < -0.4 is 0 Å². The van der Waals surface area contributed by atoms with Gasteiger partial charge in [0.25, 0.3) is 0 Å². The van der Waals surface area contributed by atoms with Crippen LogP contribution in [0.15, 0.2) is 23.2 Å². The molecule has 0 N–H and O–H groups in total. The molecule has 0 aromatic heterocycles. The fraction of sp³-hybridized carbons (Fsp3) is 0.533. The van der Waals surface area contributed by atoms with E-state index in [1.54, 1.807) is 6.07 Å². The van der Waals surface area contributed by atoms with E-state index in [2.05, 4.69) is 11.9 Å². The zero-order chi connectivity index (χ0) is 13.2. The Morgan fingerprint density at radius 3 is 2.56 bits per heavy atom. The van der Waals surface area contributed by atoms with E-state index in [-0.39, 0.29) is 0 Å². The molecule has 0 fully saturated rings. The molecule has 0 bridgehead atoms. The fourth-order valence-electron chi connectivity index (χ4n) is 1.96. The van der Waals surface area contributed by atoms with E-state index < -0.39 is 0 Å². The van der Waals surface area contributed by atoms with Gasteiger partial charge >= 0.3 is 0 Å². The number of rotatable bonds is 8. The Hall–Kier alpha value is -1.11. The third kappa shape index (κ3) is 5.48. The highest BCUT2D eigenvalue weighted by atomic mass is 35.5. The Labute approximate surface area is 114 Å². The van der Waals surface area contributed by atoms with Crippen molar-refractivity contribution in [3.05, 3.63) is 28.8 Å². The van der Waals surface area contributed by atoms with Gasteiger partial charge in [-0.15, -0.1) is 0 Å². The monoisotopic (exact) mass is 265 g/mol. The van der Waals surface area contributed by atoms with E-state index in [4.69, 9.17) is 11.6 Å². The molecular formula is C15H20ClNO. The normalized spacial score (nSPS) is 10.1. The maximum absolute atomic E-state index is 10.1. The average Bonchev–Trinajstić information content (AvgIpc) is 2.36. The van der Waals surface area contributed by atoms with Crippen molar-refractivity contribution in [3.8, 4) is 0 Å². The van der Waals surface area contributed by atoms with Crippen LogP contribution in [-0.2, 0) is 11.2 Å². The number of benzene rings is 1. The minimum atomic E-state index is 0.571. The van der Waals surface area contributed by atoms with E-state index in [0.717, 1.165) is 12.0 Å². The van der Waals surface area contributed by atoms with E-state index >= 15 is 0 Å². The first kappa shape index (κ1) is 14.9. The lowest BCUT2D eigenvalue weighted by Crippen LogP contribution is -1.87. The fourth-order valence-corrected chi connectivity index (χ4v) is 2.23. The maximum atomic E-state index is 10.1. The topological polar surface area (TPSA) is 29.4 Å². The molecule has 0 unspecified atom stereocenters. The Bertz CT molecular complexity index is 411. The summed E-state index contributed by atoms with van der Waals surface area (Å²) < 4.78 is 0. The first-order chi connectivity index (χ1) is 8.77. The summed E-state index contributed by atoms with van der Waals surface area (Å²) in [6.07, 6.45) is 10.2. The molecule has 0 spiro atoms. The van der Waals surface area contributed by atoms with Crippen molar-refractivity contribution in [1.82, 2.24) is 0 Å². The van der Waals surface area contributed by atoms with Crippen molar-refractivity contribution in [2.45, 2.75) is 51.9 Å². The second-order valence-corrected chi connectivity index (χ2v) is 4.90. The number of isocyanates is 1. The first-order valence-electron chi connectivity index (χ1n) is 6.64. The second-order valence-electron chi connectivity index (χ2n) is 4.50. The van der Waals surface area contributed by atoms with Gasteiger partial charge in [0.1, 0.15) is 0 Å². The van der Waals surface area contributed by atoms with Gasteiger partial charge in [-0.25, -0.2) is 4.79 Å². The molecule has 0 saturated heterocycles. The molecule has 18 heavy (non-hydrogen) atoms. The smallest absolute Gasteiger partial charge is 0.211 e. The molecule has 0 aliphatic heterocycles. The summed E-state index contributed by atoms with van der Waals surface area (Å²) in [6.45, 7) is 2.23. The number of carbonyl (C=O) groups excluding carboxylic acids is 1. The second kappa shape index (κ2) is 8.91. The molecular weight excluding hydrogens is 246 g/mol. The van der Waals surface area contributed by atoms with Crippen LogP contribution in [0.5, 0.6) is 0 Å². The Balaban J connectivity index is 2.36. The summed E-state index contributed by atoms with van der Waals surface area (Å²) in [5, 5.41) is 0.694. The predicted octanol–water partition coefficient (Wildman–Crippen LogP) is 5.21. The number of nitrogens with zero attached hydrogens (tertiary/aromatic N) is 1. The molecule has 0 atom stereocenters. The van der Waals surface area contributed by atoms with Crippen LogP contribution in [0.4, 0.5) is 5.69 Å². The van der Waals surface area contributed by atoms with Gasteiger partial charge in [0.15, 0.2) is 0 Å². The van der Waals surface area contributed by atoms with Gasteiger partial charge in [0.05, 0.1) is 5.69 Å². The van der Waals surface area contributed by atoms with Crippen LogP contribution in [0.25, 0.3) is 0 Å². The standard InChI is InChI=1S/C15H20ClNO/c1-2-3-4-5-6-7-8-13-9-10-14(17-12-18)11-15(13)16/h9-11H,2-8H2,1H3. The third-order valence-corrected chi connectivity index (χ3v) is 3.36. The van der Waals surface area contributed by atoms with Crippen molar-refractivity contribution >= 4 is 23.4 Å². The number of unbranched alkanes of at least 4 members (excludes halogenated alkanes) is 5. The lowest BCUT2D eigenvalue weighted by molar-refractivity contribution is 0.565. The quantitative estimate of drug-likeness (QED) is 0.360. The zero-order valence-corrected chi connectivity index (χ0v) is 11.7. The van der Waals surface area contributed by atoms with Crippen molar-refractivity contribution in [2.75, 3.05) is 0 Å². The van der Waals surface area contributed by atoms with Gasteiger partial charge in [-0.1, -0.05) is 56.7 Å². The number of hydrogen-bond donors (Lipinski definition) is 0. The highest BCUT2D eigenvalue weighted by Gasteiger charge is 2.01. The molecule has 1 aromatic carbocycles. The van der Waals surface area contributed by atoms with E-state index in [9.17, 15) is 4.79 Å². The molecule has 0 radical (unpaired) electrons. The summed E-state index contributed by atoms with van der Waals surface area (Å²) in [7, 11) is 0. The number of aryl methyl sites for hydroxylation is 1. The lowest BCUT2D eigenvalue weighted by Gasteiger charge is -2.05. The van der Waals surface area contributed by atoms with Crippen LogP contribution in [0.2, 0.25) is 5.02 Å². The number of hydrogen-bond acceptors (Lipinski definition) is 2. The molecule has 0 heterocycles. The van der Waals surface area contributed by atoms with Gasteiger partial charge in [0, 0.05) is 5.02 Å². The minimum Gasteiger partial charge on any atom is -0.211 e. The largest absolute Gasteiger partial charge is 0.240 e. The van der Waals surface area contributed by atoms with Gasteiger partial charge in [-0.3, -0.25) is 0 Å². The average molecular weight is 266 g/mol. The van der Waals surface area contributed by atoms with Crippen molar-refractivity contribution in [3.63, 3.8) is 0 Å². The van der Waals surface area contributed by atoms with Crippen LogP contribution in [0, 0.1) is 0 Å². The number of aliphatic imine (C=N–C) groups is 1. The lowest BCUT2D eigenvalue weighted by atomic mass is 10.0. The van der Waals surface area contributed by atoms with Gasteiger partial charge in [-0.2, -0.15) is 4.99 Å². The van der Waals surface area contributed by atoms with Crippen molar-refractivity contribution in [2.24, 2.45) is 4.99 Å². The van der Waals surface area contributed by atoms with Gasteiger partial charge in [-0.05, 0) is 30.5 Å². The molecule has 2 nitrogen and oxygen atoms in total. The van der Waals surface area contributed by atoms with Crippen LogP contribution in [0.3, 0.4) is 0 Å². The molecule has 3 heteroatoms. The van der Waals surface area contributed by atoms with E-state index in [0.29, 0.717) is 10.7 Å². The Kier molecular flexibility index (Phi) is 7.40. The van der Waals surface area contributed by atoms with E-state index in [1.807, 2.05) is 12.1 Å². The first-order valence-corrected chi connectivity index (χ1v) is 7.02. The molecule has 1 aromatic rings. The van der Waals surface area contributed by atoms with Gasteiger partial charge < -0.3 is 0 Å². The van der Waals surface area contributed by atoms with Crippen LogP contribution in [-0.4, -0.2) is 6.08 Å². The molecule has 1 rings (SSSR count). The van der Waals surface area contributed by atoms with Crippen LogP contribution >= 0.6 is 11.6 Å².